The highest BCUT2D eigenvalue weighted by Crippen LogP contribution is 2.23. The van der Waals surface area contributed by atoms with E-state index in [9.17, 15) is 9.59 Å². The fourth-order valence-corrected chi connectivity index (χ4v) is 2.22. The standard InChI is InChI=1S/C14H10N4O3S/c1-21-12(19)6-11-13(20)17-14(22-11)18-16-8-10-4-2-3-9(5-10)7-15/h2-6,8H,1H3,(H,17,18,20)/b11-6+,16-8?. The van der Waals surface area contributed by atoms with Crippen molar-refractivity contribution in [2.75, 3.05) is 7.11 Å². The first-order chi connectivity index (χ1) is 10.6. The SMILES string of the molecule is COC(=O)/C=C1/S/C(=N\N=Cc2cccc(C#N)c2)NC1=O. The molecule has 0 atom stereocenters. The van der Waals surface area contributed by atoms with Crippen molar-refractivity contribution < 1.29 is 14.3 Å². The van der Waals surface area contributed by atoms with Gasteiger partial charge < -0.3 is 4.74 Å². The van der Waals surface area contributed by atoms with E-state index in [1.807, 2.05) is 6.07 Å². The third-order valence-corrected chi connectivity index (χ3v) is 3.37. The lowest BCUT2D eigenvalue weighted by molar-refractivity contribution is -0.135. The van der Waals surface area contributed by atoms with Crippen LogP contribution in [-0.2, 0) is 14.3 Å². The third-order valence-electron chi connectivity index (χ3n) is 2.47. The number of carbonyl (C=O) groups excluding carboxylic acids is 2. The number of rotatable bonds is 3. The van der Waals surface area contributed by atoms with Crippen LogP contribution in [0.1, 0.15) is 11.1 Å². The lowest BCUT2D eigenvalue weighted by atomic mass is 10.1. The summed E-state index contributed by atoms with van der Waals surface area (Å²) in [6, 6.07) is 8.87. The minimum absolute atomic E-state index is 0.187. The zero-order chi connectivity index (χ0) is 15.9. The van der Waals surface area contributed by atoms with E-state index in [4.69, 9.17) is 5.26 Å². The Morgan fingerprint density at radius 3 is 3.05 bits per heavy atom. The number of esters is 1. The molecule has 1 aliphatic rings. The van der Waals surface area contributed by atoms with Crippen molar-refractivity contribution in [3.05, 3.63) is 46.4 Å². The van der Waals surface area contributed by atoms with Gasteiger partial charge in [-0.25, -0.2) is 4.79 Å². The fourth-order valence-electron chi connectivity index (χ4n) is 1.48. The van der Waals surface area contributed by atoms with Crippen LogP contribution in [0.3, 0.4) is 0 Å². The minimum Gasteiger partial charge on any atom is -0.466 e. The van der Waals surface area contributed by atoms with Gasteiger partial charge >= 0.3 is 5.97 Å². The van der Waals surface area contributed by atoms with Crippen LogP contribution < -0.4 is 5.32 Å². The second-order valence-corrected chi connectivity index (χ2v) is 5.01. The predicted molar refractivity (Wildman–Crippen MR) is 82.0 cm³/mol. The fraction of sp³-hybridized carbons (Fsp3) is 0.0714. The molecule has 1 aliphatic heterocycles. The number of thioether (sulfide) groups is 1. The molecule has 0 spiro atoms. The molecule has 0 bridgehead atoms. The first kappa shape index (κ1) is 15.5. The Balaban J connectivity index is 2.07. The molecule has 2 rings (SSSR count). The molecule has 0 aliphatic carbocycles. The second-order valence-electron chi connectivity index (χ2n) is 3.97. The summed E-state index contributed by atoms with van der Waals surface area (Å²) >= 11 is 0.989. The number of nitrogens with zero attached hydrogens (tertiary/aromatic N) is 3. The maximum Gasteiger partial charge on any atom is 0.331 e. The van der Waals surface area contributed by atoms with Gasteiger partial charge in [-0.2, -0.15) is 10.4 Å². The number of benzene rings is 1. The van der Waals surface area contributed by atoms with Crippen molar-refractivity contribution in [2.45, 2.75) is 0 Å². The summed E-state index contributed by atoms with van der Waals surface area (Å²) in [5, 5.41) is 19.2. The monoisotopic (exact) mass is 314 g/mol. The molecule has 110 valence electrons. The van der Waals surface area contributed by atoms with Crippen molar-refractivity contribution in [1.82, 2.24) is 5.32 Å². The van der Waals surface area contributed by atoms with Crippen LogP contribution in [0.15, 0.2) is 45.4 Å². The highest BCUT2D eigenvalue weighted by atomic mass is 32.2. The number of hydrogen-bond donors (Lipinski definition) is 1. The van der Waals surface area contributed by atoms with Gasteiger partial charge in [0.15, 0.2) is 5.17 Å². The Morgan fingerprint density at radius 2 is 2.32 bits per heavy atom. The van der Waals surface area contributed by atoms with Gasteiger partial charge in [-0.05, 0) is 29.5 Å². The molecule has 0 aromatic heterocycles. The number of methoxy groups -OCH3 is 1. The van der Waals surface area contributed by atoms with E-state index in [0.717, 1.165) is 17.8 Å². The van der Waals surface area contributed by atoms with Crippen molar-refractivity contribution >= 4 is 35.0 Å². The smallest absolute Gasteiger partial charge is 0.331 e. The molecule has 1 aromatic rings. The van der Waals surface area contributed by atoms with Gasteiger partial charge in [-0.1, -0.05) is 12.1 Å². The third kappa shape index (κ3) is 4.04. The van der Waals surface area contributed by atoms with Gasteiger partial charge in [-0.15, -0.1) is 5.10 Å². The van der Waals surface area contributed by atoms with Gasteiger partial charge in [0.2, 0.25) is 0 Å². The molecule has 8 heteroatoms. The average molecular weight is 314 g/mol. The number of nitriles is 1. The van der Waals surface area contributed by atoms with Gasteiger partial charge in [0.1, 0.15) is 0 Å². The Hall–Kier alpha value is -2.92. The predicted octanol–water partition coefficient (Wildman–Crippen LogP) is 1.17. The topological polar surface area (TPSA) is 104 Å². The van der Waals surface area contributed by atoms with E-state index in [1.165, 1.54) is 13.3 Å². The van der Waals surface area contributed by atoms with Gasteiger partial charge in [0, 0.05) is 6.08 Å². The minimum atomic E-state index is -0.615. The van der Waals surface area contributed by atoms with E-state index in [2.05, 4.69) is 20.3 Å². The Labute approximate surface area is 130 Å². The lowest BCUT2D eigenvalue weighted by Crippen LogP contribution is -2.19. The molecule has 1 aromatic carbocycles. The molecule has 1 heterocycles. The van der Waals surface area contributed by atoms with Gasteiger partial charge in [0.05, 0.1) is 29.9 Å². The van der Waals surface area contributed by atoms with Crippen LogP contribution >= 0.6 is 11.8 Å². The van der Waals surface area contributed by atoms with E-state index < -0.39 is 11.9 Å². The first-order valence-corrected chi connectivity index (χ1v) is 6.84. The van der Waals surface area contributed by atoms with Crippen molar-refractivity contribution in [3.8, 4) is 6.07 Å². The first-order valence-electron chi connectivity index (χ1n) is 6.02. The maximum absolute atomic E-state index is 11.6. The molecule has 0 unspecified atom stereocenters. The highest BCUT2D eigenvalue weighted by molar-refractivity contribution is 8.18. The maximum atomic E-state index is 11.6. The Bertz CT molecular complexity index is 747. The molecule has 1 amide bonds. The van der Waals surface area contributed by atoms with Gasteiger partial charge in [-0.3, -0.25) is 10.1 Å². The summed E-state index contributed by atoms with van der Waals surface area (Å²) < 4.78 is 4.45. The molecule has 1 saturated heterocycles. The number of hydrogen-bond acceptors (Lipinski definition) is 7. The van der Waals surface area contributed by atoms with Crippen molar-refractivity contribution in [2.24, 2.45) is 10.2 Å². The summed E-state index contributed by atoms with van der Waals surface area (Å²) in [6.45, 7) is 0. The van der Waals surface area contributed by atoms with Crippen LogP contribution in [-0.4, -0.2) is 30.4 Å². The Kier molecular flexibility index (Phi) is 5.06. The normalized spacial score (nSPS) is 17.7. The van der Waals surface area contributed by atoms with Crippen molar-refractivity contribution in [3.63, 3.8) is 0 Å². The molecule has 0 saturated carbocycles. The number of ether oxygens (including phenoxy) is 1. The van der Waals surface area contributed by atoms with Crippen molar-refractivity contribution in [1.29, 1.82) is 5.26 Å². The van der Waals surface area contributed by atoms with E-state index in [1.54, 1.807) is 24.3 Å². The average Bonchev–Trinajstić information content (AvgIpc) is 2.87. The number of amidine groups is 1. The summed E-state index contributed by atoms with van der Waals surface area (Å²) in [7, 11) is 1.23. The summed E-state index contributed by atoms with van der Waals surface area (Å²) in [5.41, 5.74) is 1.23. The molecular weight excluding hydrogens is 304 g/mol. The van der Waals surface area contributed by atoms with Crippen LogP contribution in [0.2, 0.25) is 0 Å². The summed E-state index contributed by atoms with van der Waals surface area (Å²) in [4.78, 5) is 22.9. The molecule has 7 nitrogen and oxygen atoms in total. The molecule has 1 N–H and O–H groups in total. The number of carbonyl (C=O) groups is 2. The zero-order valence-electron chi connectivity index (χ0n) is 11.4. The second kappa shape index (κ2) is 7.19. The molecule has 22 heavy (non-hydrogen) atoms. The van der Waals surface area contributed by atoms with Crippen LogP contribution in [0.4, 0.5) is 0 Å². The van der Waals surface area contributed by atoms with E-state index in [-0.39, 0.29) is 10.1 Å². The largest absolute Gasteiger partial charge is 0.466 e. The summed E-state index contributed by atoms with van der Waals surface area (Å²) in [5.74, 6) is -1.05. The van der Waals surface area contributed by atoms with E-state index in [0.29, 0.717) is 11.1 Å². The zero-order valence-corrected chi connectivity index (χ0v) is 12.3. The summed E-state index contributed by atoms with van der Waals surface area (Å²) in [6.07, 6.45) is 2.55. The molecule has 1 fully saturated rings. The van der Waals surface area contributed by atoms with E-state index >= 15 is 0 Å². The van der Waals surface area contributed by atoms with Crippen LogP contribution in [0, 0.1) is 11.3 Å². The quantitative estimate of drug-likeness (QED) is 0.390. The number of amides is 1. The molecule has 0 radical (unpaired) electrons. The lowest BCUT2D eigenvalue weighted by Gasteiger charge is -1.92. The van der Waals surface area contributed by atoms with Gasteiger partial charge in [0.25, 0.3) is 5.91 Å². The molecular formula is C14H10N4O3S. The highest BCUT2D eigenvalue weighted by Gasteiger charge is 2.24. The number of nitrogens with one attached hydrogen (secondary N) is 1. The Morgan fingerprint density at radius 1 is 1.50 bits per heavy atom. The van der Waals surface area contributed by atoms with Crippen LogP contribution in [0.25, 0.3) is 0 Å². The van der Waals surface area contributed by atoms with Crippen LogP contribution in [0.5, 0.6) is 0 Å².